The first-order valence-corrected chi connectivity index (χ1v) is 6.59. The number of benzene rings is 1. The predicted octanol–water partition coefficient (Wildman–Crippen LogP) is 0.973. The smallest absolute Gasteiger partial charge is 0.254 e. The number of aromatic nitrogens is 1. The van der Waals surface area contributed by atoms with Crippen LogP contribution in [0.4, 0.5) is 0 Å². The number of Topliss-reactive ketones (excluding diaryl/α,β-unsaturated/α-hetero) is 1. The van der Waals surface area contributed by atoms with E-state index in [0.29, 0.717) is 22.6 Å². The minimum absolute atomic E-state index is 0.0732. The molecule has 0 aliphatic carbocycles. The number of hydrogen-bond donors (Lipinski definition) is 1. The topological polar surface area (TPSA) is 82.5 Å². The van der Waals surface area contributed by atoms with E-state index in [1.54, 1.807) is 48.2 Å². The molecule has 1 aromatic carbocycles. The first-order valence-electron chi connectivity index (χ1n) is 6.59. The Morgan fingerprint density at radius 1 is 1.18 bits per heavy atom. The van der Waals surface area contributed by atoms with Gasteiger partial charge in [-0.15, -0.1) is 0 Å². The molecule has 1 aromatic heterocycles. The molecule has 1 amide bonds. The lowest BCUT2D eigenvalue weighted by atomic mass is 10.1. The summed E-state index contributed by atoms with van der Waals surface area (Å²) in [5.41, 5.74) is 6.02. The number of methoxy groups -OCH3 is 2. The van der Waals surface area contributed by atoms with Crippen molar-refractivity contribution in [3.63, 3.8) is 0 Å². The SMILES string of the molecule is COc1ccc(C(=O)C[n+]2cccc(C(N)=O)c2)c(OC)c1. The van der Waals surface area contributed by atoms with Crippen molar-refractivity contribution < 1.29 is 23.6 Å². The van der Waals surface area contributed by atoms with Gasteiger partial charge in [0.1, 0.15) is 17.1 Å². The summed E-state index contributed by atoms with van der Waals surface area (Å²) >= 11 is 0. The molecular formula is C16H17N2O4+. The van der Waals surface area contributed by atoms with Crippen LogP contribution >= 0.6 is 0 Å². The molecule has 0 saturated heterocycles. The molecule has 0 saturated carbocycles. The van der Waals surface area contributed by atoms with Crippen molar-refractivity contribution in [3.8, 4) is 11.5 Å². The van der Waals surface area contributed by atoms with Crippen molar-refractivity contribution in [2.75, 3.05) is 14.2 Å². The second-order valence-corrected chi connectivity index (χ2v) is 4.62. The number of primary amides is 1. The van der Waals surface area contributed by atoms with Gasteiger partial charge in [0.2, 0.25) is 12.3 Å². The average Bonchev–Trinajstić information content (AvgIpc) is 2.54. The Labute approximate surface area is 128 Å². The Bertz CT molecular complexity index is 713. The highest BCUT2D eigenvalue weighted by molar-refractivity contribution is 5.98. The summed E-state index contributed by atoms with van der Waals surface area (Å²) in [5.74, 6) is 0.364. The molecule has 2 aromatic rings. The van der Waals surface area contributed by atoms with Gasteiger partial charge in [-0.2, -0.15) is 4.57 Å². The van der Waals surface area contributed by atoms with E-state index in [1.807, 2.05) is 0 Å². The van der Waals surface area contributed by atoms with Gasteiger partial charge in [0.15, 0.2) is 12.4 Å². The van der Waals surface area contributed by atoms with Crippen LogP contribution in [0.15, 0.2) is 42.7 Å². The number of hydrogen-bond acceptors (Lipinski definition) is 4. The van der Waals surface area contributed by atoms with E-state index in [9.17, 15) is 9.59 Å². The maximum absolute atomic E-state index is 12.4. The maximum atomic E-state index is 12.4. The summed E-state index contributed by atoms with van der Waals surface area (Å²) in [5, 5.41) is 0. The minimum Gasteiger partial charge on any atom is -0.497 e. The molecule has 2 N–H and O–H groups in total. The number of pyridine rings is 1. The molecule has 114 valence electrons. The zero-order valence-corrected chi connectivity index (χ0v) is 12.4. The fraction of sp³-hybridized carbons (Fsp3) is 0.188. The van der Waals surface area contributed by atoms with Gasteiger partial charge in [-0.05, 0) is 18.2 Å². The summed E-state index contributed by atoms with van der Waals surface area (Å²) in [6, 6.07) is 8.26. The number of ketones is 1. The van der Waals surface area contributed by atoms with Crippen LogP contribution in [0.1, 0.15) is 20.7 Å². The lowest BCUT2D eigenvalue weighted by molar-refractivity contribution is -0.683. The fourth-order valence-electron chi connectivity index (χ4n) is 2.05. The van der Waals surface area contributed by atoms with Gasteiger partial charge in [-0.3, -0.25) is 9.59 Å². The predicted molar refractivity (Wildman–Crippen MR) is 79.0 cm³/mol. The normalized spacial score (nSPS) is 10.1. The Morgan fingerprint density at radius 3 is 2.59 bits per heavy atom. The number of amides is 1. The highest BCUT2D eigenvalue weighted by Crippen LogP contribution is 2.24. The number of nitrogens with two attached hydrogens (primary N) is 1. The highest BCUT2D eigenvalue weighted by Gasteiger charge is 2.18. The van der Waals surface area contributed by atoms with Gasteiger partial charge in [-0.25, -0.2) is 0 Å². The quantitative estimate of drug-likeness (QED) is 0.637. The van der Waals surface area contributed by atoms with Crippen molar-refractivity contribution >= 4 is 11.7 Å². The van der Waals surface area contributed by atoms with Gasteiger partial charge in [0, 0.05) is 12.1 Å². The van der Waals surface area contributed by atoms with Crippen molar-refractivity contribution in [2.24, 2.45) is 5.73 Å². The minimum atomic E-state index is -0.538. The number of carbonyl (C=O) groups excluding carboxylic acids is 2. The van der Waals surface area contributed by atoms with Crippen molar-refractivity contribution in [2.45, 2.75) is 6.54 Å². The van der Waals surface area contributed by atoms with Crippen LogP contribution < -0.4 is 19.8 Å². The van der Waals surface area contributed by atoms with Crippen LogP contribution in [-0.4, -0.2) is 25.9 Å². The number of carbonyl (C=O) groups is 2. The second-order valence-electron chi connectivity index (χ2n) is 4.62. The van der Waals surface area contributed by atoms with E-state index in [-0.39, 0.29) is 12.3 Å². The molecule has 0 atom stereocenters. The summed E-state index contributed by atoms with van der Waals surface area (Å²) in [7, 11) is 3.04. The van der Waals surface area contributed by atoms with Gasteiger partial charge in [0.05, 0.1) is 19.8 Å². The molecule has 6 nitrogen and oxygen atoms in total. The summed E-state index contributed by atoms with van der Waals surface area (Å²) in [6.45, 7) is 0.0732. The van der Waals surface area contributed by atoms with E-state index in [0.717, 1.165) is 0 Å². The number of ether oxygens (including phenoxy) is 2. The molecular weight excluding hydrogens is 284 g/mol. The van der Waals surface area contributed by atoms with Crippen LogP contribution in [-0.2, 0) is 6.54 Å². The number of nitrogens with zero attached hydrogens (tertiary/aromatic N) is 1. The third-order valence-corrected chi connectivity index (χ3v) is 3.18. The Kier molecular flexibility index (Phi) is 4.73. The molecule has 0 bridgehead atoms. The second kappa shape index (κ2) is 6.71. The van der Waals surface area contributed by atoms with Crippen LogP contribution in [0.2, 0.25) is 0 Å². The molecule has 0 radical (unpaired) electrons. The molecule has 22 heavy (non-hydrogen) atoms. The summed E-state index contributed by atoms with van der Waals surface area (Å²) < 4.78 is 11.9. The largest absolute Gasteiger partial charge is 0.497 e. The number of rotatable bonds is 6. The molecule has 0 unspecified atom stereocenters. The maximum Gasteiger partial charge on any atom is 0.254 e. The molecule has 0 aliphatic heterocycles. The third kappa shape index (κ3) is 3.41. The standard InChI is InChI=1S/C16H16N2O4/c1-21-12-5-6-13(15(8-12)22-2)14(19)10-18-7-3-4-11(9-18)16(17)20/h3-9H,10H2,1-2H3,(H-,17,20)/p+1. The van der Waals surface area contributed by atoms with E-state index in [2.05, 4.69) is 0 Å². The molecule has 0 fully saturated rings. The van der Waals surface area contributed by atoms with Crippen LogP contribution in [0.25, 0.3) is 0 Å². The average molecular weight is 301 g/mol. The molecule has 0 spiro atoms. The van der Waals surface area contributed by atoms with Crippen molar-refractivity contribution in [3.05, 3.63) is 53.9 Å². The molecule has 1 heterocycles. The van der Waals surface area contributed by atoms with Crippen LogP contribution in [0, 0.1) is 0 Å². The fourth-order valence-corrected chi connectivity index (χ4v) is 2.05. The molecule has 0 aliphatic rings. The zero-order valence-electron chi connectivity index (χ0n) is 12.4. The van der Waals surface area contributed by atoms with Crippen molar-refractivity contribution in [1.29, 1.82) is 0 Å². The molecule has 2 rings (SSSR count). The zero-order chi connectivity index (χ0) is 16.1. The van der Waals surface area contributed by atoms with Gasteiger partial charge in [-0.1, -0.05) is 0 Å². The van der Waals surface area contributed by atoms with Gasteiger partial charge in [0.25, 0.3) is 5.91 Å². The first-order chi connectivity index (χ1) is 10.5. The van der Waals surface area contributed by atoms with E-state index in [4.69, 9.17) is 15.2 Å². The highest BCUT2D eigenvalue weighted by atomic mass is 16.5. The first kappa shape index (κ1) is 15.5. The Hall–Kier alpha value is -2.89. The Balaban J connectivity index is 2.25. The Morgan fingerprint density at radius 2 is 1.95 bits per heavy atom. The van der Waals surface area contributed by atoms with Crippen LogP contribution in [0.3, 0.4) is 0 Å². The van der Waals surface area contributed by atoms with Crippen LogP contribution in [0.5, 0.6) is 11.5 Å². The summed E-state index contributed by atoms with van der Waals surface area (Å²) in [6.07, 6.45) is 3.23. The molecule has 6 heteroatoms. The lowest BCUT2D eigenvalue weighted by Gasteiger charge is -2.08. The van der Waals surface area contributed by atoms with E-state index in [1.165, 1.54) is 13.3 Å². The van der Waals surface area contributed by atoms with Gasteiger partial charge >= 0.3 is 0 Å². The monoisotopic (exact) mass is 301 g/mol. The van der Waals surface area contributed by atoms with E-state index >= 15 is 0 Å². The van der Waals surface area contributed by atoms with Crippen molar-refractivity contribution in [1.82, 2.24) is 0 Å². The lowest BCUT2D eigenvalue weighted by Crippen LogP contribution is -2.38. The van der Waals surface area contributed by atoms with E-state index < -0.39 is 5.91 Å². The summed E-state index contributed by atoms with van der Waals surface area (Å²) in [4.78, 5) is 23.6. The third-order valence-electron chi connectivity index (χ3n) is 3.18. The van der Waals surface area contributed by atoms with Gasteiger partial charge < -0.3 is 15.2 Å².